The summed E-state index contributed by atoms with van der Waals surface area (Å²) in [4.78, 5) is 21.8. The topological polar surface area (TPSA) is 104 Å². The standard InChI is InChI=1S/C26H20FN5O4S2/c1-3-28-23(33)14-4-6-15(7-5-14)24-29-17(13-37-24)12-35-20-8-16(27)9-21-18(20)10-22(36-21)19-11-32-25(30-19)38-26(31-32)34-2/h4-11,13H,3,12H2,1-2H3,(H,28,33). The Labute approximate surface area is 223 Å². The molecule has 0 spiro atoms. The summed E-state index contributed by atoms with van der Waals surface area (Å²) in [5, 5.41) is 10.9. The van der Waals surface area contributed by atoms with E-state index in [1.165, 1.54) is 34.8 Å². The highest BCUT2D eigenvalue weighted by Crippen LogP contribution is 2.35. The highest BCUT2D eigenvalue weighted by molar-refractivity contribution is 7.18. The third kappa shape index (κ3) is 4.59. The molecule has 38 heavy (non-hydrogen) atoms. The lowest BCUT2D eigenvalue weighted by atomic mass is 10.1. The van der Waals surface area contributed by atoms with Crippen molar-refractivity contribution in [1.82, 2.24) is 24.9 Å². The van der Waals surface area contributed by atoms with Crippen molar-refractivity contribution in [1.29, 1.82) is 0 Å². The van der Waals surface area contributed by atoms with E-state index in [2.05, 4.69) is 20.4 Å². The minimum Gasteiger partial charge on any atom is -0.486 e. The number of halogens is 1. The maximum Gasteiger partial charge on any atom is 0.294 e. The Morgan fingerprint density at radius 3 is 2.79 bits per heavy atom. The molecule has 0 aliphatic carbocycles. The van der Waals surface area contributed by atoms with Gasteiger partial charge < -0.3 is 19.2 Å². The fraction of sp³-hybridized carbons (Fsp3) is 0.154. The Kier molecular flexibility index (Phi) is 6.26. The second-order valence-corrected chi connectivity index (χ2v) is 10.00. The summed E-state index contributed by atoms with van der Waals surface area (Å²) in [6.45, 7) is 2.60. The molecular weight excluding hydrogens is 529 g/mol. The van der Waals surface area contributed by atoms with Crippen LogP contribution in [0.15, 0.2) is 58.5 Å². The lowest BCUT2D eigenvalue weighted by Crippen LogP contribution is -2.22. The van der Waals surface area contributed by atoms with Crippen LogP contribution in [0.4, 0.5) is 4.39 Å². The molecule has 0 bridgehead atoms. The van der Waals surface area contributed by atoms with Crippen molar-refractivity contribution in [3.63, 3.8) is 0 Å². The number of benzene rings is 2. The fourth-order valence-corrected chi connectivity index (χ4v) is 5.40. The Bertz CT molecular complexity index is 1740. The maximum atomic E-state index is 14.4. The first-order valence-electron chi connectivity index (χ1n) is 11.6. The molecule has 0 aliphatic rings. The number of hydrogen-bond acceptors (Lipinski definition) is 9. The number of carbonyl (C=O) groups is 1. The molecule has 0 radical (unpaired) electrons. The van der Waals surface area contributed by atoms with E-state index in [0.29, 0.717) is 56.1 Å². The number of ether oxygens (including phenoxy) is 2. The number of furan rings is 1. The van der Waals surface area contributed by atoms with E-state index in [4.69, 9.17) is 13.9 Å². The van der Waals surface area contributed by atoms with Gasteiger partial charge in [-0.3, -0.25) is 4.79 Å². The summed E-state index contributed by atoms with van der Waals surface area (Å²) in [7, 11) is 1.55. The molecule has 0 saturated carbocycles. The van der Waals surface area contributed by atoms with Gasteiger partial charge >= 0.3 is 0 Å². The van der Waals surface area contributed by atoms with Crippen molar-refractivity contribution in [3.05, 3.63) is 71.1 Å². The van der Waals surface area contributed by atoms with Gasteiger partial charge in [-0.2, -0.15) is 0 Å². The van der Waals surface area contributed by atoms with Crippen molar-refractivity contribution < 1.29 is 23.1 Å². The molecule has 0 atom stereocenters. The predicted octanol–water partition coefficient (Wildman–Crippen LogP) is 5.80. The summed E-state index contributed by atoms with van der Waals surface area (Å²) in [5.41, 5.74) is 3.11. The predicted molar refractivity (Wildman–Crippen MR) is 142 cm³/mol. The molecule has 2 aromatic carbocycles. The molecule has 0 aliphatic heterocycles. The van der Waals surface area contributed by atoms with E-state index in [0.717, 1.165) is 10.6 Å². The van der Waals surface area contributed by atoms with Gasteiger partial charge in [0.15, 0.2) is 5.76 Å². The second kappa shape index (κ2) is 9.88. The minimum absolute atomic E-state index is 0.110. The average molecular weight is 550 g/mol. The van der Waals surface area contributed by atoms with Crippen LogP contribution in [-0.2, 0) is 6.61 Å². The Morgan fingerprint density at radius 1 is 1.18 bits per heavy atom. The Morgan fingerprint density at radius 2 is 2.03 bits per heavy atom. The van der Waals surface area contributed by atoms with Crippen LogP contribution < -0.4 is 14.8 Å². The van der Waals surface area contributed by atoms with Crippen molar-refractivity contribution in [2.45, 2.75) is 13.5 Å². The van der Waals surface area contributed by atoms with Gasteiger partial charge in [-0.1, -0.05) is 12.1 Å². The number of aromatic nitrogens is 4. The lowest BCUT2D eigenvalue weighted by molar-refractivity contribution is 0.0956. The summed E-state index contributed by atoms with van der Waals surface area (Å²) < 4.78 is 33.0. The van der Waals surface area contributed by atoms with E-state index in [-0.39, 0.29) is 12.5 Å². The van der Waals surface area contributed by atoms with Crippen LogP contribution in [0.1, 0.15) is 23.0 Å². The van der Waals surface area contributed by atoms with E-state index >= 15 is 0 Å². The molecular formula is C26H20FN5O4S2. The van der Waals surface area contributed by atoms with E-state index in [9.17, 15) is 9.18 Å². The molecule has 192 valence electrons. The van der Waals surface area contributed by atoms with Crippen molar-refractivity contribution in [2.75, 3.05) is 13.7 Å². The number of methoxy groups -OCH3 is 1. The lowest BCUT2D eigenvalue weighted by Gasteiger charge is -2.05. The zero-order valence-corrected chi connectivity index (χ0v) is 21.9. The summed E-state index contributed by atoms with van der Waals surface area (Å²) in [6.07, 6.45) is 1.72. The fourth-order valence-electron chi connectivity index (χ4n) is 3.89. The van der Waals surface area contributed by atoms with Crippen LogP contribution >= 0.6 is 22.7 Å². The number of amides is 1. The summed E-state index contributed by atoms with van der Waals surface area (Å²) in [5.74, 6) is 0.230. The van der Waals surface area contributed by atoms with Gasteiger partial charge in [0.1, 0.15) is 34.5 Å². The molecule has 0 unspecified atom stereocenters. The van der Waals surface area contributed by atoms with Crippen LogP contribution in [0, 0.1) is 5.82 Å². The number of nitrogens with one attached hydrogen (secondary N) is 1. The Hall–Kier alpha value is -4.29. The average Bonchev–Trinajstić information content (AvgIpc) is 3.70. The van der Waals surface area contributed by atoms with Gasteiger partial charge in [-0.25, -0.2) is 18.9 Å². The summed E-state index contributed by atoms with van der Waals surface area (Å²) >= 11 is 2.77. The molecule has 6 aromatic rings. The number of imidazole rings is 1. The molecule has 4 heterocycles. The zero-order valence-electron chi connectivity index (χ0n) is 20.2. The normalized spacial score (nSPS) is 11.3. The molecule has 12 heteroatoms. The van der Waals surface area contributed by atoms with Crippen molar-refractivity contribution >= 4 is 44.5 Å². The smallest absolute Gasteiger partial charge is 0.294 e. The van der Waals surface area contributed by atoms with Crippen molar-refractivity contribution in [2.24, 2.45) is 0 Å². The van der Waals surface area contributed by atoms with E-state index in [1.54, 1.807) is 36.0 Å². The van der Waals surface area contributed by atoms with Gasteiger partial charge in [0.25, 0.3) is 11.1 Å². The van der Waals surface area contributed by atoms with Crippen LogP contribution in [-0.4, -0.2) is 39.1 Å². The van der Waals surface area contributed by atoms with Gasteiger partial charge in [0.2, 0.25) is 4.96 Å². The van der Waals surface area contributed by atoms with Crippen molar-refractivity contribution in [3.8, 4) is 33.0 Å². The van der Waals surface area contributed by atoms with Crippen LogP contribution in [0.3, 0.4) is 0 Å². The molecule has 0 fully saturated rings. The first-order chi connectivity index (χ1) is 18.5. The second-order valence-electron chi connectivity index (χ2n) is 8.22. The van der Waals surface area contributed by atoms with Gasteiger partial charge in [0, 0.05) is 35.2 Å². The summed E-state index contributed by atoms with van der Waals surface area (Å²) in [6, 6.07) is 11.7. The largest absolute Gasteiger partial charge is 0.486 e. The van der Waals surface area contributed by atoms with Crippen LogP contribution in [0.5, 0.6) is 10.9 Å². The minimum atomic E-state index is -0.475. The van der Waals surface area contributed by atoms with E-state index in [1.807, 2.05) is 24.4 Å². The zero-order chi connectivity index (χ0) is 26.2. The van der Waals surface area contributed by atoms with Gasteiger partial charge in [0.05, 0.1) is 24.4 Å². The highest BCUT2D eigenvalue weighted by atomic mass is 32.1. The quantitative estimate of drug-likeness (QED) is 0.256. The van der Waals surface area contributed by atoms with Crippen LogP contribution in [0.2, 0.25) is 0 Å². The van der Waals surface area contributed by atoms with Crippen LogP contribution in [0.25, 0.3) is 38.0 Å². The third-order valence-electron chi connectivity index (χ3n) is 5.67. The first-order valence-corrected chi connectivity index (χ1v) is 13.3. The molecule has 1 N–H and O–H groups in total. The molecule has 1 amide bonds. The SMILES string of the molecule is CCNC(=O)c1ccc(-c2nc(COc3cc(F)cc4oc(-c5cn6nc(OC)sc6n5)cc34)cs2)cc1. The van der Waals surface area contributed by atoms with Gasteiger partial charge in [-0.05, 0) is 36.5 Å². The number of nitrogens with zero attached hydrogens (tertiary/aromatic N) is 4. The number of fused-ring (bicyclic) bond motifs is 2. The van der Waals surface area contributed by atoms with E-state index < -0.39 is 5.82 Å². The van der Waals surface area contributed by atoms with Gasteiger partial charge in [-0.15, -0.1) is 16.4 Å². The highest BCUT2D eigenvalue weighted by Gasteiger charge is 2.17. The molecule has 4 aromatic heterocycles. The molecule has 0 saturated heterocycles. The maximum absolute atomic E-state index is 14.4. The number of hydrogen-bond donors (Lipinski definition) is 1. The number of rotatable bonds is 8. The number of carbonyl (C=O) groups excluding carboxylic acids is 1. The monoisotopic (exact) mass is 549 g/mol. The Balaban J connectivity index is 1.21. The third-order valence-corrected chi connectivity index (χ3v) is 7.50. The number of thiazole rings is 1. The molecule has 6 rings (SSSR count). The first kappa shape index (κ1) is 24.1. The molecule has 9 nitrogen and oxygen atoms in total.